The first-order valence-corrected chi connectivity index (χ1v) is 6.51. The molecule has 0 radical (unpaired) electrons. The van der Waals surface area contributed by atoms with E-state index in [0.29, 0.717) is 5.92 Å². The van der Waals surface area contributed by atoms with Crippen molar-refractivity contribution in [2.24, 2.45) is 5.92 Å². The van der Waals surface area contributed by atoms with Gasteiger partial charge in [-0.15, -0.1) is 0 Å². The molecular weight excluding hydrogens is 268 g/mol. The Balaban J connectivity index is 2.13. The van der Waals surface area contributed by atoms with Crippen molar-refractivity contribution in [3.05, 3.63) is 28.2 Å². The maximum Gasteiger partial charge on any atom is 0.124 e. The van der Waals surface area contributed by atoms with Crippen molar-refractivity contribution < 1.29 is 9.84 Å². The molecule has 0 bridgehead atoms. The van der Waals surface area contributed by atoms with Gasteiger partial charge in [0.15, 0.2) is 0 Å². The summed E-state index contributed by atoms with van der Waals surface area (Å²) in [6, 6.07) is 5.77. The predicted molar refractivity (Wildman–Crippen MR) is 67.6 cm³/mol. The molecule has 1 unspecified atom stereocenters. The van der Waals surface area contributed by atoms with Crippen molar-refractivity contribution in [2.45, 2.75) is 31.8 Å². The van der Waals surface area contributed by atoms with Gasteiger partial charge in [-0.3, -0.25) is 0 Å². The maximum atomic E-state index is 10.2. The number of benzene rings is 1. The smallest absolute Gasteiger partial charge is 0.124 e. The highest BCUT2D eigenvalue weighted by Crippen LogP contribution is 2.37. The fourth-order valence-corrected chi connectivity index (χ4v) is 2.52. The van der Waals surface area contributed by atoms with E-state index in [0.717, 1.165) is 22.2 Å². The Labute approximate surface area is 105 Å². The second-order valence-corrected chi connectivity index (χ2v) is 5.35. The van der Waals surface area contributed by atoms with Crippen LogP contribution >= 0.6 is 15.9 Å². The molecule has 88 valence electrons. The second kappa shape index (κ2) is 5.19. The van der Waals surface area contributed by atoms with Crippen LogP contribution in [-0.2, 0) is 0 Å². The van der Waals surface area contributed by atoms with Crippen LogP contribution in [0, 0.1) is 5.92 Å². The molecule has 0 saturated heterocycles. The predicted octanol–water partition coefficient (Wildman–Crippen LogP) is 3.68. The second-order valence-electron chi connectivity index (χ2n) is 4.43. The third-order valence-electron chi connectivity index (χ3n) is 3.33. The molecule has 1 N–H and O–H groups in total. The summed E-state index contributed by atoms with van der Waals surface area (Å²) in [5.41, 5.74) is 0.892. The van der Waals surface area contributed by atoms with Gasteiger partial charge in [-0.05, 0) is 30.5 Å². The van der Waals surface area contributed by atoms with Gasteiger partial charge in [0.05, 0.1) is 13.2 Å². The van der Waals surface area contributed by atoms with Crippen LogP contribution in [-0.4, -0.2) is 12.2 Å². The standard InChI is InChI=1S/C13H17BrO2/c1-16-13-6-5-10(14)8-11(13)12(15)7-9-3-2-4-9/h5-6,8-9,12,15H,2-4,7H2,1H3. The molecule has 2 rings (SSSR count). The molecule has 0 aromatic heterocycles. The van der Waals surface area contributed by atoms with Gasteiger partial charge in [-0.1, -0.05) is 35.2 Å². The van der Waals surface area contributed by atoms with Gasteiger partial charge in [0.2, 0.25) is 0 Å². The number of hydrogen-bond acceptors (Lipinski definition) is 2. The zero-order chi connectivity index (χ0) is 11.5. The molecule has 2 nitrogen and oxygen atoms in total. The Morgan fingerprint density at radius 3 is 2.81 bits per heavy atom. The first-order chi connectivity index (χ1) is 7.70. The lowest BCUT2D eigenvalue weighted by molar-refractivity contribution is 0.116. The van der Waals surface area contributed by atoms with Crippen LogP contribution in [0.1, 0.15) is 37.4 Å². The summed E-state index contributed by atoms with van der Waals surface area (Å²) in [7, 11) is 1.64. The molecule has 0 aliphatic heterocycles. The van der Waals surface area contributed by atoms with Crippen molar-refractivity contribution >= 4 is 15.9 Å². The van der Waals surface area contributed by atoms with E-state index in [9.17, 15) is 5.11 Å². The van der Waals surface area contributed by atoms with Gasteiger partial charge in [0.25, 0.3) is 0 Å². The first-order valence-electron chi connectivity index (χ1n) is 5.72. The molecule has 0 heterocycles. The lowest BCUT2D eigenvalue weighted by Gasteiger charge is -2.28. The van der Waals surface area contributed by atoms with Crippen LogP contribution < -0.4 is 4.74 Å². The summed E-state index contributed by atoms with van der Waals surface area (Å²) in [5, 5.41) is 10.2. The Kier molecular flexibility index (Phi) is 3.87. The molecule has 1 atom stereocenters. The van der Waals surface area contributed by atoms with E-state index in [1.807, 2.05) is 18.2 Å². The lowest BCUT2D eigenvalue weighted by Crippen LogP contribution is -2.15. The third-order valence-corrected chi connectivity index (χ3v) is 3.83. The number of hydrogen-bond donors (Lipinski definition) is 1. The fourth-order valence-electron chi connectivity index (χ4n) is 2.14. The molecule has 0 amide bonds. The van der Waals surface area contributed by atoms with E-state index in [-0.39, 0.29) is 0 Å². The van der Waals surface area contributed by atoms with Crippen molar-refractivity contribution in [3.8, 4) is 5.75 Å². The van der Waals surface area contributed by atoms with Crippen molar-refractivity contribution in [1.82, 2.24) is 0 Å². The monoisotopic (exact) mass is 284 g/mol. The van der Waals surface area contributed by atoms with Crippen molar-refractivity contribution in [1.29, 1.82) is 0 Å². The Morgan fingerprint density at radius 1 is 1.50 bits per heavy atom. The summed E-state index contributed by atoms with van der Waals surface area (Å²) in [6.07, 6.45) is 4.28. The van der Waals surface area contributed by atoms with Crippen LogP contribution in [0.25, 0.3) is 0 Å². The van der Waals surface area contributed by atoms with E-state index >= 15 is 0 Å². The molecule has 1 fully saturated rings. The van der Waals surface area contributed by atoms with E-state index in [1.165, 1.54) is 19.3 Å². The Morgan fingerprint density at radius 2 is 2.25 bits per heavy atom. The molecule has 1 aliphatic carbocycles. The first kappa shape index (κ1) is 11.9. The minimum atomic E-state index is -0.405. The molecule has 1 aromatic rings. The third kappa shape index (κ3) is 2.58. The highest BCUT2D eigenvalue weighted by atomic mass is 79.9. The van der Waals surface area contributed by atoms with Crippen LogP contribution in [0.5, 0.6) is 5.75 Å². The summed E-state index contributed by atoms with van der Waals surface area (Å²) >= 11 is 3.42. The summed E-state index contributed by atoms with van der Waals surface area (Å²) < 4.78 is 6.26. The molecule has 16 heavy (non-hydrogen) atoms. The number of aliphatic hydroxyl groups is 1. The van der Waals surface area contributed by atoms with Crippen LogP contribution in [0.4, 0.5) is 0 Å². The van der Waals surface area contributed by atoms with Gasteiger partial charge in [0, 0.05) is 10.0 Å². The number of methoxy groups -OCH3 is 1. The largest absolute Gasteiger partial charge is 0.496 e. The summed E-state index contributed by atoms with van der Waals surface area (Å²) in [4.78, 5) is 0. The number of ether oxygens (including phenoxy) is 1. The van der Waals surface area contributed by atoms with Gasteiger partial charge in [-0.25, -0.2) is 0 Å². The van der Waals surface area contributed by atoms with Gasteiger partial charge < -0.3 is 9.84 Å². The SMILES string of the molecule is COc1ccc(Br)cc1C(O)CC1CCC1. The minimum Gasteiger partial charge on any atom is -0.496 e. The van der Waals surface area contributed by atoms with Gasteiger partial charge in [0.1, 0.15) is 5.75 Å². The van der Waals surface area contributed by atoms with Crippen LogP contribution in [0.15, 0.2) is 22.7 Å². The Bertz CT molecular complexity index is 361. The fraction of sp³-hybridized carbons (Fsp3) is 0.538. The van der Waals surface area contributed by atoms with Gasteiger partial charge in [-0.2, -0.15) is 0 Å². The van der Waals surface area contributed by atoms with E-state index < -0.39 is 6.10 Å². The maximum absolute atomic E-state index is 10.2. The average molecular weight is 285 g/mol. The number of halogens is 1. The van der Waals surface area contributed by atoms with Crippen molar-refractivity contribution in [2.75, 3.05) is 7.11 Å². The molecular formula is C13H17BrO2. The molecule has 1 aromatic carbocycles. The average Bonchev–Trinajstić information content (AvgIpc) is 2.23. The zero-order valence-electron chi connectivity index (χ0n) is 9.45. The highest BCUT2D eigenvalue weighted by Gasteiger charge is 2.23. The van der Waals surface area contributed by atoms with E-state index in [1.54, 1.807) is 7.11 Å². The van der Waals surface area contributed by atoms with E-state index in [4.69, 9.17) is 4.74 Å². The highest BCUT2D eigenvalue weighted by molar-refractivity contribution is 9.10. The van der Waals surface area contributed by atoms with Crippen LogP contribution in [0.2, 0.25) is 0 Å². The molecule has 0 spiro atoms. The molecule has 1 saturated carbocycles. The van der Waals surface area contributed by atoms with Gasteiger partial charge >= 0.3 is 0 Å². The topological polar surface area (TPSA) is 29.5 Å². The minimum absolute atomic E-state index is 0.405. The molecule has 1 aliphatic rings. The number of rotatable bonds is 4. The van der Waals surface area contributed by atoms with Crippen molar-refractivity contribution in [3.63, 3.8) is 0 Å². The summed E-state index contributed by atoms with van der Waals surface area (Å²) in [5.74, 6) is 1.47. The number of aliphatic hydroxyl groups excluding tert-OH is 1. The lowest BCUT2D eigenvalue weighted by atomic mass is 9.80. The zero-order valence-corrected chi connectivity index (χ0v) is 11.0. The van der Waals surface area contributed by atoms with Crippen LogP contribution in [0.3, 0.4) is 0 Å². The normalized spacial score (nSPS) is 17.9. The quantitative estimate of drug-likeness (QED) is 0.914. The summed E-state index contributed by atoms with van der Waals surface area (Å²) in [6.45, 7) is 0. The van der Waals surface area contributed by atoms with E-state index in [2.05, 4.69) is 15.9 Å². The molecule has 3 heteroatoms. The Hall–Kier alpha value is -0.540.